The van der Waals surface area contributed by atoms with E-state index in [1.165, 1.54) is 0 Å². The van der Waals surface area contributed by atoms with E-state index in [2.05, 4.69) is 15.5 Å². The number of benzene rings is 1. The van der Waals surface area contributed by atoms with Gasteiger partial charge >= 0.3 is 0 Å². The van der Waals surface area contributed by atoms with E-state index in [-0.39, 0.29) is 18.3 Å². The van der Waals surface area contributed by atoms with Crippen molar-refractivity contribution in [1.82, 2.24) is 15.5 Å². The molecule has 1 aliphatic rings. The van der Waals surface area contributed by atoms with E-state index in [1.54, 1.807) is 0 Å². The number of rotatable bonds is 7. The normalized spacial score (nSPS) is 15.2. The number of piperidine rings is 1. The highest BCUT2D eigenvalue weighted by atomic mass is 35.5. The number of likely N-dealkylation sites (N-methyl/N-ethyl adjacent to an activating group) is 1. The van der Waals surface area contributed by atoms with Crippen molar-refractivity contribution in [3.05, 3.63) is 30.3 Å². The molecule has 1 aromatic carbocycles. The van der Waals surface area contributed by atoms with E-state index < -0.39 is 0 Å². The van der Waals surface area contributed by atoms with Crippen molar-refractivity contribution in [2.24, 2.45) is 0 Å². The summed E-state index contributed by atoms with van der Waals surface area (Å²) in [7, 11) is 2.02. The van der Waals surface area contributed by atoms with Crippen LogP contribution in [0.1, 0.15) is 12.8 Å². The fraction of sp³-hybridized carbons (Fsp3) is 0.562. The minimum Gasteiger partial charge on any atom is -0.492 e. The van der Waals surface area contributed by atoms with Gasteiger partial charge < -0.3 is 15.4 Å². The molecule has 5 nitrogen and oxygen atoms in total. The number of halogens is 1. The maximum Gasteiger partial charge on any atom is 0.234 e. The Labute approximate surface area is 138 Å². The van der Waals surface area contributed by atoms with Crippen LogP contribution in [-0.2, 0) is 4.79 Å². The Morgan fingerprint density at radius 3 is 2.68 bits per heavy atom. The van der Waals surface area contributed by atoms with Gasteiger partial charge in [0.15, 0.2) is 0 Å². The van der Waals surface area contributed by atoms with Crippen LogP contribution in [0.3, 0.4) is 0 Å². The van der Waals surface area contributed by atoms with Gasteiger partial charge in [0, 0.05) is 6.04 Å². The van der Waals surface area contributed by atoms with E-state index in [9.17, 15) is 4.79 Å². The molecule has 0 unspecified atom stereocenters. The molecule has 1 amide bonds. The van der Waals surface area contributed by atoms with Gasteiger partial charge in [0.1, 0.15) is 12.4 Å². The van der Waals surface area contributed by atoms with Gasteiger partial charge in [-0.3, -0.25) is 9.69 Å². The summed E-state index contributed by atoms with van der Waals surface area (Å²) < 4.78 is 5.54. The van der Waals surface area contributed by atoms with E-state index in [1.807, 2.05) is 37.4 Å². The van der Waals surface area contributed by atoms with Crippen LogP contribution in [0.25, 0.3) is 0 Å². The summed E-state index contributed by atoms with van der Waals surface area (Å²) in [6, 6.07) is 10.1. The van der Waals surface area contributed by atoms with Gasteiger partial charge in [-0.25, -0.2) is 0 Å². The molecule has 0 spiro atoms. The summed E-state index contributed by atoms with van der Waals surface area (Å²) in [6.45, 7) is 3.57. The first kappa shape index (κ1) is 18.7. The van der Waals surface area contributed by atoms with Crippen LogP contribution < -0.4 is 15.4 Å². The van der Waals surface area contributed by atoms with E-state index in [0.717, 1.165) is 31.7 Å². The molecule has 2 N–H and O–H groups in total. The lowest BCUT2D eigenvalue weighted by Crippen LogP contribution is -2.45. The molecule has 0 bridgehead atoms. The number of amides is 1. The number of ether oxygens (including phenoxy) is 1. The summed E-state index contributed by atoms with van der Waals surface area (Å²) in [4.78, 5) is 14.0. The van der Waals surface area contributed by atoms with Crippen molar-refractivity contribution in [2.45, 2.75) is 18.9 Å². The molecule has 6 heteroatoms. The molecule has 1 fully saturated rings. The highest BCUT2D eigenvalue weighted by Gasteiger charge is 2.19. The maximum atomic E-state index is 11.9. The second-order valence-corrected chi connectivity index (χ2v) is 5.41. The number of hydrogen-bond acceptors (Lipinski definition) is 4. The lowest BCUT2D eigenvalue weighted by Gasteiger charge is -2.31. The predicted molar refractivity (Wildman–Crippen MR) is 90.7 cm³/mol. The Hall–Kier alpha value is -1.30. The van der Waals surface area contributed by atoms with Crippen LogP contribution in [0.5, 0.6) is 5.75 Å². The molecule has 1 heterocycles. The van der Waals surface area contributed by atoms with Crippen LogP contribution in [0.15, 0.2) is 30.3 Å². The largest absolute Gasteiger partial charge is 0.492 e. The maximum absolute atomic E-state index is 11.9. The van der Waals surface area contributed by atoms with Gasteiger partial charge in [-0.05, 0) is 45.1 Å². The zero-order valence-electron chi connectivity index (χ0n) is 13.1. The number of carbonyl (C=O) groups is 1. The number of hydrogen-bond donors (Lipinski definition) is 2. The minimum absolute atomic E-state index is 0. The molecule has 2 rings (SSSR count). The van der Waals surface area contributed by atoms with Crippen molar-refractivity contribution < 1.29 is 9.53 Å². The molecule has 0 atom stereocenters. The fourth-order valence-corrected chi connectivity index (χ4v) is 2.54. The molecular weight excluding hydrogens is 302 g/mol. The van der Waals surface area contributed by atoms with E-state index in [4.69, 9.17) is 4.74 Å². The lowest BCUT2D eigenvalue weighted by molar-refractivity contribution is -0.122. The molecule has 1 saturated heterocycles. The van der Waals surface area contributed by atoms with Crippen LogP contribution in [0.2, 0.25) is 0 Å². The second-order valence-electron chi connectivity index (χ2n) is 5.41. The summed E-state index contributed by atoms with van der Waals surface area (Å²) in [5, 5.41) is 6.24. The zero-order valence-corrected chi connectivity index (χ0v) is 13.9. The summed E-state index contributed by atoms with van der Waals surface area (Å²) in [5.41, 5.74) is 0. The molecule has 22 heavy (non-hydrogen) atoms. The number of nitrogens with one attached hydrogen (secondary N) is 2. The van der Waals surface area contributed by atoms with Crippen molar-refractivity contribution in [3.8, 4) is 5.75 Å². The Morgan fingerprint density at radius 2 is 2.00 bits per heavy atom. The monoisotopic (exact) mass is 327 g/mol. The Balaban J connectivity index is 0.00000242. The van der Waals surface area contributed by atoms with Crippen LogP contribution in [0.4, 0.5) is 0 Å². The predicted octanol–water partition coefficient (Wildman–Crippen LogP) is 1.29. The highest BCUT2D eigenvalue weighted by molar-refractivity contribution is 5.85. The molecule has 0 radical (unpaired) electrons. The molecule has 1 aliphatic heterocycles. The van der Waals surface area contributed by atoms with Gasteiger partial charge in [-0.15, -0.1) is 12.4 Å². The average molecular weight is 328 g/mol. The summed E-state index contributed by atoms with van der Waals surface area (Å²) >= 11 is 0. The first-order valence-corrected chi connectivity index (χ1v) is 7.61. The minimum atomic E-state index is 0. The third-order valence-corrected chi connectivity index (χ3v) is 3.76. The molecule has 0 aliphatic carbocycles. The van der Waals surface area contributed by atoms with Gasteiger partial charge in [0.2, 0.25) is 5.91 Å². The second kappa shape index (κ2) is 10.4. The zero-order chi connectivity index (χ0) is 14.9. The third kappa shape index (κ3) is 6.64. The molecule has 124 valence electrons. The van der Waals surface area contributed by atoms with Crippen molar-refractivity contribution in [2.75, 3.05) is 39.8 Å². The van der Waals surface area contributed by atoms with E-state index in [0.29, 0.717) is 25.7 Å². The standard InChI is InChI=1S/C16H25N3O2.ClH/c1-19(14-7-9-17-10-8-14)13-16(20)18-11-12-21-15-5-3-2-4-6-15;/h2-6,14,17H,7-13H2,1H3,(H,18,20);1H. The first-order valence-electron chi connectivity index (χ1n) is 7.61. The Kier molecular flexibility index (Phi) is 8.89. The Bertz CT molecular complexity index is 425. The third-order valence-electron chi connectivity index (χ3n) is 3.76. The SMILES string of the molecule is CN(CC(=O)NCCOc1ccccc1)C1CCNCC1.Cl. The van der Waals surface area contributed by atoms with Crippen LogP contribution in [-0.4, -0.2) is 56.7 Å². The molecule has 1 aromatic rings. The van der Waals surface area contributed by atoms with Crippen molar-refractivity contribution >= 4 is 18.3 Å². The fourth-order valence-electron chi connectivity index (χ4n) is 2.54. The van der Waals surface area contributed by atoms with Gasteiger partial charge in [0.05, 0.1) is 13.1 Å². The van der Waals surface area contributed by atoms with E-state index >= 15 is 0 Å². The average Bonchev–Trinajstić information content (AvgIpc) is 2.53. The molecule has 0 aromatic heterocycles. The molecule has 0 saturated carbocycles. The van der Waals surface area contributed by atoms with Crippen molar-refractivity contribution in [1.29, 1.82) is 0 Å². The quantitative estimate of drug-likeness (QED) is 0.741. The number of nitrogens with zero attached hydrogens (tertiary/aromatic N) is 1. The van der Waals surface area contributed by atoms with Crippen LogP contribution in [0, 0.1) is 0 Å². The first-order chi connectivity index (χ1) is 10.3. The highest BCUT2D eigenvalue weighted by Crippen LogP contribution is 2.09. The summed E-state index contributed by atoms with van der Waals surface area (Å²) in [6.07, 6.45) is 2.22. The van der Waals surface area contributed by atoms with Crippen LogP contribution >= 0.6 is 12.4 Å². The summed E-state index contributed by atoms with van der Waals surface area (Å²) in [5.74, 6) is 0.895. The van der Waals surface area contributed by atoms with Gasteiger partial charge in [-0.2, -0.15) is 0 Å². The van der Waals surface area contributed by atoms with Gasteiger partial charge in [0.25, 0.3) is 0 Å². The Morgan fingerprint density at radius 1 is 1.32 bits per heavy atom. The van der Waals surface area contributed by atoms with Gasteiger partial charge in [-0.1, -0.05) is 18.2 Å². The topological polar surface area (TPSA) is 53.6 Å². The lowest BCUT2D eigenvalue weighted by atomic mass is 10.1. The number of para-hydroxylation sites is 1. The molecular formula is C16H26ClN3O2. The number of carbonyl (C=O) groups excluding carboxylic acids is 1. The van der Waals surface area contributed by atoms with Crippen molar-refractivity contribution in [3.63, 3.8) is 0 Å². The smallest absolute Gasteiger partial charge is 0.234 e.